The molecule has 0 atom stereocenters. The number of carbonyl (C=O) groups is 1. The van der Waals surface area contributed by atoms with Gasteiger partial charge in [-0.25, -0.2) is 4.98 Å². The summed E-state index contributed by atoms with van der Waals surface area (Å²) in [4.78, 5) is 15.7. The van der Waals surface area contributed by atoms with Crippen molar-refractivity contribution in [1.82, 2.24) is 4.98 Å². The molecule has 18 heavy (non-hydrogen) atoms. The lowest BCUT2D eigenvalue weighted by Crippen LogP contribution is -1.95. The van der Waals surface area contributed by atoms with E-state index in [2.05, 4.69) is 4.98 Å². The van der Waals surface area contributed by atoms with Crippen LogP contribution in [0.4, 0.5) is 0 Å². The average molecular weight is 284 g/mol. The van der Waals surface area contributed by atoms with Crippen molar-refractivity contribution in [1.29, 1.82) is 0 Å². The quantitative estimate of drug-likeness (QED) is 0.525. The van der Waals surface area contributed by atoms with Crippen molar-refractivity contribution < 1.29 is 14.3 Å². The fraction of sp³-hybridized carbons (Fsp3) is 0.167. The van der Waals surface area contributed by atoms with Gasteiger partial charge in [0.1, 0.15) is 11.3 Å². The number of carbonyl (C=O) groups excluding carboxylic acids is 1. The van der Waals surface area contributed by atoms with E-state index in [1.165, 1.54) is 13.8 Å². The minimum atomic E-state index is -0.236. The van der Waals surface area contributed by atoms with E-state index in [9.17, 15) is 9.90 Å². The molecule has 0 fully saturated rings. The van der Waals surface area contributed by atoms with E-state index in [1.54, 1.807) is 18.2 Å². The van der Waals surface area contributed by atoms with Gasteiger partial charge >= 0.3 is 0 Å². The molecule has 0 unspecified atom stereocenters. The van der Waals surface area contributed by atoms with Gasteiger partial charge in [-0.05, 0) is 43.8 Å². The van der Waals surface area contributed by atoms with Crippen LogP contribution in [-0.4, -0.2) is 15.9 Å². The molecule has 2 aromatic rings. The lowest BCUT2D eigenvalue weighted by molar-refractivity contribution is -0.113. The second-order valence-corrected chi connectivity index (χ2v) is 5.06. The summed E-state index contributed by atoms with van der Waals surface area (Å²) in [7, 11) is 0. The lowest BCUT2D eigenvalue weighted by Gasteiger charge is -2.00. The van der Waals surface area contributed by atoms with Crippen LogP contribution >= 0.6 is 23.4 Å². The zero-order valence-electron chi connectivity index (χ0n) is 9.73. The Labute approximate surface area is 113 Å². The van der Waals surface area contributed by atoms with Crippen LogP contribution < -0.4 is 0 Å². The SMILES string of the molecule is CC(=O)/C(Sc1nc2cc(Cl)ccc2o1)=C(/C)O. The molecular weight excluding hydrogens is 274 g/mol. The van der Waals surface area contributed by atoms with E-state index in [-0.39, 0.29) is 16.4 Å². The van der Waals surface area contributed by atoms with Gasteiger partial charge in [0.05, 0.1) is 4.91 Å². The minimum absolute atomic E-state index is 0.0483. The number of oxazole rings is 1. The van der Waals surface area contributed by atoms with Crippen LogP contribution in [0, 0.1) is 0 Å². The fourth-order valence-electron chi connectivity index (χ4n) is 1.41. The molecule has 0 spiro atoms. The van der Waals surface area contributed by atoms with Gasteiger partial charge in [0.15, 0.2) is 11.4 Å². The standard InChI is InChI=1S/C12H10ClNO3S/c1-6(15)11(7(2)16)18-12-14-9-5-8(13)3-4-10(9)17-12/h3-5,15H,1-2H3/b11-6+. The summed E-state index contributed by atoms with van der Waals surface area (Å²) < 4.78 is 5.45. The molecule has 0 amide bonds. The first-order valence-electron chi connectivity index (χ1n) is 5.12. The number of rotatable bonds is 3. The second kappa shape index (κ2) is 5.04. The third-order valence-corrected chi connectivity index (χ3v) is 3.54. The van der Waals surface area contributed by atoms with Crippen LogP contribution in [-0.2, 0) is 4.79 Å². The molecule has 94 valence electrons. The zero-order valence-corrected chi connectivity index (χ0v) is 11.3. The molecule has 2 rings (SSSR count). The van der Waals surface area contributed by atoms with E-state index >= 15 is 0 Å². The van der Waals surface area contributed by atoms with E-state index in [4.69, 9.17) is 16.0 Å². The number of aromatic nitrogens is 1. The number of aliphatic hydroxyl groups excluding tert-OH is 1. The molecule has 0 saturated carbocycles. The Morgan fingerprint density at radius 1 is 1.44 bits per heavy atom. The third kappa shape index (κ3) is 2.68. The minimum Gasteiger partial charge on any atom is -0.511 e. The Bertz CT molecular complexity index is 644. The molecular formula is C12H10ClNO3S. The van der Waals surface area contributed by atoms with Gasteiger partial charge in [-0.2, -0.15) is 0 Å². The van der Waals surface area contributed by atoms with Crippen molar-refractivity contribution in [3.8, 4) is 0 Å². The Morgan fingerprint density at radius 2 is 2.17 bits per heavy atom. The molecule has 1 aromatic carbocycles. The summed E-state index contributed by atoms with van der Waals surface area (Å²) in [5.41, 5.74) is 1.20. The average Bonchev–Trinajstić information content (AvgIpc) is 2.66. The van der Waals surface area contributed by atoms with E-state index < -0.39 is 0 Å². The Kier molecular flexibility index (Phi) is 3.63. The zero-order chi connectivity index (χ0) is 13.3. The molecule has 0 saturated heterocycles. The molecule has 1 N–H and O–H groups in total. The van der Waals surface area contributed by atoms with Crippen molar-refractivity contribution in [2.24, 2.45) is 0 Å². The first kappa shape index (κ1) is 13.0. The summed E-state index contributed by atoms with van der Waals surface area (Å²) in [5.74, 6) is -0.284. The summed E-state index contributed by atoms with van der Waals surface area (Å²) in [6, 6.07) is 5.08. The van der Waals surface area contributed by atoms with Gasteiger partial charge in [-0.15, -0.1) is 0 Å². The number of benzene rings is 1. The van der Waals surface area contributed by atoms with Gasteiger partial charge in [0, 0.05) is 5.02 Å². The maximum Gasteiger partial charge on any atom is 0.261 e. The predicted molar refractivity (Wildman–Crippen MR) is 70.9 cm³/mol. The highest BCUT2D eigenvalue weighted by atomic mass is 35.5. The van der Waals surface area contributed by atoms with Crippen molar-refractivity contribution in [2.45, 2.75) is 19.1 Å². The Hall–Kier alpha value is -1.46. The first-order chi connectivity index (χ1) is 8.47. The van der Waals surface area contributed by atoms with Crippen molar-refractivity contribution >= 4 is 40.2 Å². The summed E-state index contributed by atoms with van der Waals surface area (Å²) in [6.07, 6.45) is 0. The van der Waals surface area contributed by atoms with Crippen LogP contribution in [0.2, 0.25) is 5.02 Å². The number of ketones is 1. The van der Waals surface area contributed by atoms with Crippen LogP contribution in [0.1, 0.15) is 13.8 Å². The van der Waals surface area contributed by atoms with E-state index in [0.29, 0.717) is 21.3 Å². The highest BCUT2D eigenvalue weighted by Gasteiger charge is 2.15. The summed E-state index contributed by atoms with van der Waals surface area (Å²) in [5, 5.41) is 10.3. The molecule has 0 aliphatic rings. The molecule has 0 bridgehead atoms. The first-order valence-corrected chi connectivity index (χ1v) is 6.31. The van der Waals surface area contributed by atoms with E-state index in [1.807, 2.05) is 0 Å². The van der Waals surface area contributed by atoms with Crippen LogP contribution in [0.5, 0.6) is 0 Å². The number of fused-ring (bicyclic) bond motifs is 1. The lowest BCUT2D eigenvalue weighted by atomic mass is 10.3. The summed E-state index contributed by atoms with van der Waals surface area (Å²) in [6.45, 7) is 2.82. The van der Waals surface area contributed by atoms with Crippen LogP contribution in [0.15, 0.2) is 38.5 Å². The number of aliphatic hydroxyl groups is 1. The fourth-order valence-corrected chi connectivity index (χ4v) is 2.32. The Balaban J connectivity index is 2.38. The molecule has 4 nitrogen and oxygen atoms in total. The van der Waals surface area contributed by atoms with Crippen molar-refractivity contribution in [2.75, 3.05) is 0 Å². The smallest absolute Gasteiger partial charge is 0.261 e. The predicted octanol–water partition coefficient (Wildman–Crippen LogP) is 3.95. The normalized spacial score (nSPS) is 12.6. The second-order valence-electron chi connectivity index (χ2n) is 3.66. The van der Waals surface area contributed by atoms with Crippen molar-refractivity contribution in [3.05, 3.63) is 33.9 Å². The number of hydrogen-bond acceptors (Lipinski definition) is 5. The summed E-state index contributed by atoms with van der Waals surface area (Å²) >= 11 is 6.84. The van der Waals surface area contributed by atoms with Gasteiger partial charge in [-0.3, -0.25) is 4.79 Å². The van der Waals surface area contributed by atoms with Crippen LogP contribution in [0.3, 0.4) is 0 Å². The molecule has 0 radical (unpaired) electrons. The third-order valence-electron chi connectivity index (χ3n) is 2.17. The molecule has 0 aliphatic carbocycles. The number of allylic oxidation sites excluding steroid dienone is 2. The molecule has 1 aromatic heterocycles. The Morgan fingerprint density at radius 3 is 2.78 bits per heavy atom. The van der Waals surface area contributed by atoms with Crippen LogP contribution in [0.25, 0.3) is 11.1 Å². The van der Waals surface area contributed by atoms with E-state index in [0.717, 1.165) is 11.8 Å². The molecule has 6 heteroatoms. The number of hydrogen-bond donors (Lipinski definition) is 1. The number of Topliss-reactive ketones (excluding diaryl/α,β-unsaturated/α-hetero) is 1. The highest BCUT2D eigenvalue weighted by Crippen LogP contribution is 2.31. The number of halogens is 1. The molecule has 0 aliphatic heterocycles. The number of nitrogens with zero attached hydrogens (tertiary/aromatic N) is 1. The number of thioether (sulfide) groups is 1. The van der Waals surface area contributed by atoms with Gasteiger partial charge in [0.2, 0.25) is 0 Å². The largest absolute Gasteiger partial charge is 0.511 e. The maximum absolute atomic E-state index is 11.3. The van der Waals surface area contributed by atoms with Gasteiger partial charge in [0.25, 0.3) is 5.22 Å². The highest BCUT2D eigenvalue weighted by molar-refractivity contribution is 8.03. The monoisotopic (exact) mass is 283 g/mol. The van der Waals surface area contributed by atoms with Gasteiger partial charge in [-0.1, -0.05) is 11.6 Å². The maximum atomic E-state index is 11.3. The van der Waals surface area contributed by atoms with Gasteiger partial charge < -0.3 is 9.52 Å². The van der Waals surface area contributed by atoms with Crippen molar-refractivity contribution in [3.63, 3.8) is 0 Å². The topological polar surface area (TPSA) is 63.3 Å². The molecule has 1 heterocycles.